The van der Waals surface area contributed by atoms with E-state index in [1.807, 2.05) is 60.1 Å². The van der Waals surface area contributed by atoms with E-state index in [0.29, 0.717) is 25.7 Å². The molecule has 2 heterocycles. The Morgan fingerprint density at radius 3 is 2.55 bits per heavy atom. The number of nitrogens with one attached hydrogen (secondary N) is 1. The summed E-state index contributed by atoms with van der Waals surface area (Å²) in [5, 5.41) is 13.8. The maximum atomic E-state index is 13.2. The molecule has 1 N–H and O–H groups in total. The first-order chi connectivity index (χ1) is 18.6. The molecule has 1 atom stereocenters. The van der Waals surface area contributed by atoms with Crippen LogP contribution in [0.2, 0.25) is 0 Å². The lowest BCUT2D eigenvalue weighted by atomic mass is 10.0. The second-order valence-electron chi connectivity index (χ2n) is 9.88. The molecule has 0 aliphatic heterocycles. The molecule has 200 valence electrons. The molecule has 9 heteroatoms. The lowest BCUT2D eigenvalue weighted by Crippen LogP contribution is -2.39. The summed E-state index contributed by atoms with van der Waals surface area (Å²) in [6.45, 7) is 5.83. The van der Waals surface area contributed by atoms with E-state index < -0.39 is 0 Å². The van der Waals surface area contributed by atoms with Gasteiger partial charge in [-0.25, -0.2) is 4.68 Å². The summed E-state index contributed by atoms with van der Waals surface area (Å²) in [4.78, 5) is 18.7. The molecule has 0 saturated heterocycles. The van der Waals surface area contributed by atoms with Gasteiger partial charge in [-0.1, -0.05) is 31.9 Å². The average Bonchev–Trinajstić information content (AvgIpc) is 3.63. The van der Waals surface area contributed by atoms with Gasteiger partial charge in [0.15, 0.2) is 5.82 Å². The molecule has 9 nitrogen and oxygen atoms in total. The number of rotatable bonds is 11. The largest absolute Gasteiger partial charge is 0.497 e. The number of ether oxygens (including phenoxy) is 2. The zero-order chi connectivity index (χ0) is 26.5. The Labute approximate surface area is 222 Å². The highest BCUT2D eigenvalue weighted by Gasteiger charge is 2.32. The highest BCUT2D eigenvalue weighted by atomic mass is 16.5. The van der Waals surface area contributed by atoms with E-state index in [9.17, 15) is 4.79 Å². The molecule has 1 aliphatic carbocycles. The van der Waals surface area contributed by atoms with Gasteiger partial charge in [0.05, 0.1) is 26.3 Å². The molecule has 2 aromatic heterocycles. The fraction of sp³-hybridized carbons (Fsp3) is 0.448. The minimum Gasteiger partial charge on any atom is -0.497 e. The van der Waals surface area contributed by atoms with Crippen LogP contribution in [0.25, 0.3) is 10.9 Å². The van der Waals surface area contributed by atoms with Gasteiger partial charge in [-0.15, -0.1) is 5.10 Å². The Balaban J connectivity index is 1.47. The number of pyridine rings is 1. The van der Waals surface area contributed by atoms with Crippen molar-refractivity contribution < 1.29 is 9.47 Å². The average molecular weight is 517 g/mol. The van der Waals surface area contributed by atoms with Crippen LogP contribution < -0.4 is 15.0 Å². The van der Waals surface area contributed by atoms with Crippen LogP contribution in [0.4, 0.5) is 0 Å². The third-order valence-corrected chi connectivity index (χ3v) is 7.49. The first kappa shape index (κ1) is 25.9. The van der Waals surface area contributed by atoms with Crippen LogP contribution in [0.3, 0.4) is 0 Å². The van der Waals surface area contributed by atoms with Crippen LogP contribution in [0.5, 0.6) is 11.5 Å². The van der Waals surface area contributed by atoms with Crippen molar-refractivity contribution in [2.24, 2.45) is 0 Å². The van der Waals surface area contributed by atoms with Crippen molar-refractivity contribution in [1.82, 2.24) is 30.1 Å². The van der Waals surface area contributed by atoms with Gasteiger partial charge in [-0.05, 0) is 78.6 Å². The van der Waals surface area contributed by atoms with E-state index in [-0.39, 0.29) is 11.6 Å². The minimum absolute atomic E-state index is 0.0174. The second kappa shape index (κ2) is 11.8. The monoisotopic (exact) mass is 516 g/mol. The first-order valence-corrected chi connectivity index (χ1v) is 13.5. The summed E-state index contributed by atoms with van der Waals surface area (Å²) in [6, 6.07) is 16.1. The van der Waals surface area contributed by atoms with Gasteiger partial charge in [-0.3, -0.25) is 9.69 Å². The molecule has 0 bridgehead atoms. The number of methoxy groups -OCH3 is 1. The maximum Gasteiger partial charge on any atom is 0.252 e. The SMILES string of the molecule is CCOc1ccc2[nH]c(=O)c(CN(C3CCCC3)C(CC)c3nnnn3Cc3ccc(OC)cc3)cc2c1. The maximum absolute atomic E-state index is 13.2. The van der Waals surface area contributed by atoms with Crippen molar-refractivity contribution >= 4 is 10.9 Å². The molecular weight excluding hydrogens is 480 g/mol. The zero-order valence-corrected chi connectivity index (χ0v) is 22.4. The number of aromatic nitrogens is 5. The molecular formula is C29H36N6O3. The Hall–Kier alpha value is -3.72. The van der Waals surface area contributed by atoms with Crippen molar-refractivity contribution in [3.63, 3.8) is 0 Å². The Morgan fingerprint density at radius 1 is 1.08 bits per heavy atom. The molecule has 1 fully saturated rings. The van der Waals surface area contributed by atoms with Gasteiger partial charge in [0, 0.05) is 29.1 Å². The molecule has 2 aromatic carbocycles. The Morgan fingerprint density at radius 2 is 1.84 bits per heavy atom. The van der Waals surface area contributed by atoms with E-state index in [1.165, 1.54) is 12.8 Å². The van der Waals surface area contributed by atoms with Gasteiger partial charge >= 0.3 is 0 Å². The molecule has 1 unspecified atom stereocenters. The molecule has 5 rings (SSSR count). The lowest BCUT2D eigenvalue weighted by Gasteiger charge is -2.35. The summed E-state index contributed by atoms with van der Waals surface area (Å²) in [6.07, 6.45) is 5.44. The molecule has 1 aliphatic rings. The van der Waals surface area contributed by atoms with Crippen molar-refractivity contribution in [3.05, 3.63) is 75.8 Å². The standard InChI is InChI=1S/C29H36N6O3/c1-4-27(28-31-32-33-35(28)18-20-10-12-24(37-3)13-11-20)34(23-8-6-7-9-23)19-22-16-21-17-25(38-5-2)14-15-26(21)30-29(22)36/h10-17,23,27H,4-9,18-19H2,1-3H3,(H,30,36). The topological polar surface area (TPSA) is 98.2 Å². The Bertz CT molecular complexity index is 1410. The first-order valence-electron chi connectivity index (χ1n) is 13.5. The van der Waals surface area contributed by atoms with Gasteiger partial charge in [0.25, 0.3) is 5.56 Å². The van der Waals surface area contributed by atoms with Gasteiger partial charge in [-0.2, -0.15) is 0 Å². The van der Waals surface area contributed by atoms with E-state index in [1.54, 1.807) is 7.11 Å². The number of tetrazole rings is 1. The highest BCUT2D eigenvalue weighted by molar-refractivity contribution is 5.80. The molecule has 0 spiro atoms. The summed E-state index contributed by atoms with van der Waals surface area (Å²) in [7, 11) is 1.66. The third kappa shape index (κ3) is 5.57. The number of fused-ring (bicyclic) bond motifs is 1. The van der Waals surface area contributed by atoms with Crippen LogP contribution in [-0.4, -0.2) is 49.8 Å². The van der Waals surface area contributed by atoms with Crippen molar-refractivity contribution in [3.8, 4) is 11.5 Å². The fourth-order valence-corrected chi connectivity index (χ4v) is 5.56. The number of H-pyrrole nitrogens is 1. The van der Waals surface area contributed by atoms with E-state index in [4.69, 9.17) is 9.47 Å². The molecule has 4 aromatic rings. The second-order valence-corrected chi connectivity index (χ2v) is 9.88. The predicted octanol–water partition coefficient (Wildman–Crippen LogP) is 4.87. The third-order valence-electron chi connectivity index (χ3n) is 7.49. The van der Waals surface area contributed by atoms with E-state index >= 15 is 0 Å². The summed E-state index contributed by atoms with van der Waals surface area (Å²) < 4.78 is 12.9. The highest BCUT2D eigenvalue weighted by Crippen LogP contribution is 2.34. The van der Waals surface area contributed by atoms with Crippen LogP contribution in [-0.2, 0) is 13.1 Å². The van der Waals surface area contributed by atoms with E-state index in [0.717, 1.165) is 58.6 Å². The van der Waals surface area contributed by atoms with Crippen LogP contribution in [0, 0.1) is 0 Å². The summed E-state index contributed by atoms with van der Waals surface area (Å²) in [5.41, 5.74) is 2.59. The minimum atomic E-state index is -0.0580. The molecule has 1 saturated carbocycles. The van der Waals surface area contributed by atoms with Gasteiger partial charge in [0.1, 0.15) is 11.5 Å². The summed E-state index contributed by atoms with van der Waals surface area (Å²) >= 11 is 0. The van der Waals surface area contributed by atoms with Crippen LogP contribution in [0.1, 0.15) is 68.9 Å². The fourth-order valence-electron chi connectivity index (χ4n) is 5.56. The predicted molar refractivity (Wildman–Crippen MR) is 146 cm³/mol. The zero-order valence-electron chi connectivity index (χ0n) is 22.4. The van der Waals surface area contributed by atoms with Crippen LogP contribution in [0.15, 0.2) is 53.3 Å². The van der Waals surface area contributed by atoms with E-state index in [2.05, 4.69) is 32.3 Å². The normalized spacial score (nSPS) is 14.8. The number of nitrogens with zero attached hydrogens (tertiary/aromatic N) is 5. The molecule has 38 heavy (non-hydrogen) atoms. The smallest absolute Gasteiger partial charge is 0.252 e. The lowest BCUT2D eigenvalue weighted by molar-refractivity contribution is 0.112. The van der Waals surface area contributed by atoms with Crippen molar-refractivity contribution in [2.75, 3.05) is 13.7 Å². The number of benzene rings is 2. The quantitative estimate of drug-likeness (QED) is 0.304. The molecule has 0 amide bonds. The van der Waals surface area contributed by atoms with Crippen LogP contribution >= 0.6 is 0 Å². The number of hydrogen-bond acceptors (Lipinski definition) is 7. The van der Waals surface area contributed by atoms with Gasteiger partial charge in [0.2, 0.25) is 0 Å². The van der Waals surface area contributed by atoms with Crippen molar-refractivity contribution in [2.45, 2.75) is 71.1 Å². The number of aromatic amines is 1. The Kier molecular flexibility index (Phi) is 8.03. The summed E-state index contributed by atoms with van der Waals surface area (Å²) in [5.74, 6) is 2.44. The van der Waals surface area contributed by atoms with Gasteiger partial charge < -0.3 is 14.5 Å². The molecule has 0 radical (unpaired) electrons. The number of hydrogen-bond donors (Lipinski definition) is 1. The van der Waals surface area contributed by atoms with Crippen molar-refractivity contribution in [1.29, 1.82) is 0 Å².